The zero-order chi connectivity index (χ0) is 8.65. The molecule has 0 radical (unpaired) electrons. The number of rotatable bonds is 1. The molecule has 1 rings (SSSR count). The summed E-state index contributed by atoms with van der Waals surface area (Å²) in [6.07, 6.45) is -12.2. The van der Waals surface area contributed by atoms with E-state index in [-0.39, 0.29) is 0 Å². The van der Waals surface area contributed by atoms with Crippen molar-refractivity contribution in [2.75, 3.05) is 0 Å². The molecular weight excluding hydrogens is 172 g/mol. The molecule has 7 heteroatoms. The molecule has 0 aromatic rings. The van der Waals surface area contributed by atoms with E-state index in [1.807, 2.05) is 0 Å². The molecule has 0 aromatic carbocycles. The Hall–Kier alpha value is -1.01. The van der Waals surface area contributed by atoms with E-state index in [2.05, 4.69) is 9.47 Å². The lowest BCUT2D eigenvalue weighted by Crippen LogP contribution is -2.35. The van der Waals surface area contributed by atoms with Gasteiger partial charge < -0.3 is 9.47 Å². The molecule has 64 valence electrons. The molecule has 1 heterocycles. The Morgan fingerprint density at radius 2 is 2.00 bits per heavy atom. The molecule has 11 heavy (non-hydrogen) atoms. The van der Waals surface area contributed by atoms with Gasteiger partial charge in [-0.15, -0.1) is 0 Å². The fourth-order valence-corrected chi connectivity index (χ4v) is 0.564. The first-order chi connectivity index (χ1) is 4.93. The second-order valence-corrected chi connectivity index (χ2v) is 1.79. The van der Waals surface area contributed by atoms with Crippen LogP contribution in [-0.4, -0.2) is 24.8 Å². The van der Waals surface area contributed by atoms with Crippen LogP contribution in [0.5, 0.6) is 0 Å². The molecular formula is C4H2F4O3. The number of ether oxygens (including phenoxy) is 2. The molecule has 1 fully saturated rings. The first-order valence-corrected chi connectivity index (χ1v) is 2.49. The standard InChI is InChI=1S/C4H2F4O3/c5-2(6)1-4(7,8)11-3(9)10-1/h1-2H. The third-order valence-corrected chi connectivity index (χ3v) is 1.00. The van der Waals surface area contributed by atoms with Crippen LogP contribution in [-0.2, 0) is 9.47 Å². The van der Waals surface area contributed by atoms with Crippen molar-refractivity contribution >= 4 is 6.16 Å². The molecule has 0 amide bonds. The highest BCUT2D eigenvalue weighted by Crippen LogP contribution is 2.33. The first kappa shape index (κ1) is 8.09. The molecule has 3 nitrogen and oxygen atoms in total. The largest absolute Gasteiger partial charge is 0.513 e. The van der Waals surface area contributed by atoms with E-state index in [4.69, 9.17) is 0 Å². The second kappa shape index (κ2) is 2.24. The summed E-state index contributed by atoms with van der Waals surface area (Å²) in [6.45, 7) is 0. The van der Waals surface area contributed by atoms with Gasteiger partial charge in [0.1, 0.15) is 0 Å². The summed E-state index contributed by atoms with van der Waals surface area (Å²) in [4.78, 5) is 9.92. The van der Waals surface area contributed by atoms with Crippen LogP contribution in [0.15, 0.2) is 0 Å². The monoisotopic (exact) mass is 174 g/mol. The lowest BCUT2D eigenvalue weighted by atomic mass is 10.3. The molecule has 0 spiro atoms. The van der Waals surface area contributed by atoms with E-state index >= 15 is 0 Å². The molecule has 1 unspecified atom stereocenters. The summed E-state index contributed by atoms with van der Waals surface area (Å²) in [5.74, 6) is 0. The van der Waals surface area contributed by atoms with Gasteiger partial charge >= 0.3 is 12.3 Å². The summed E-state index contributed by atoms with van der Waals surface area (Å²) in [5.41, 5.74) is 0. The Kier molecular flexibility index (Phi) is 1.65. The summed E-state index contributed by atoms with van der Waals surface area (Å²) in [7, 11) is 0. The van der Waals surface area contributed by atoms with Crippen molar-refractivity contribution in [2.45, 2.75) is 18.6 Å². The Morgan fingerprint density at radius 1 is 1.45 bits per heavy atom. The van der Waals surface area contributed by atoms with Crippen LogP contribution in [0.25, 0.3) is 0 Å². The van der Waals surface area contributed by atoms with Gasteiger partial charge in [0, 0.05) is 0 Å². The summed E-state index contributed by atoms with van der Waals surface area (Å²) in [5, 5.41) is 0. The van der Waals surface area contributed by atoms with Crippen LogP contribution in [0.3, 0.4) is 0 Å². The highest BCUT2D eigenvalue weighted by Gasteiger charge is 2.58. The third-order valence-electron chi connectivity index (χ3n) is 1.00. The Morgan fingerprint density at radius 3 is 2.18 bits per heavy atom. The SMILES string of the molecule is O=C1OC(C(F)F)C(F)(F)O1. The Labute approximate surface area is 57.9 Å². The van der Waals surface area contributed by atoms with Gasteiger partial charge in [-0.25, -0.2) is 13.6 Å². The number of hydrogen-bond acceptors (Lipinski definition) is 3. The topological polar surface area (TPSA) is 35.5 Å². The van der Waals surface area contributed by atoms with Gasteiger partial charge in [-0.2, -0.15) is 8.78 Å². The maximum absolute atomic E-state index is 12.1. The zero-order valence-electron chi connectivity index (χ0n) is 4.89. The van der Waals surface area contributed by atoms with E-state index in [1.54, 1.807) is 0 Å². The van der Waals surface area contributed by atoms with E-state index < -0.39 is 24.8 Å². The van der Waals surface area contributed by atoms with Crippen molar-refractivity contribution in [3.8, 4) is 0 Å². The van der Waals surface area contributed by atoms with Gasteiger partial charge in [0.15, 0.2) is 0 Å². The fraction of sp³-hybridized carbons (Fsp3) is 0.750. The Bertz CT molecular complexity index is 180. The van der Waals surface area contributed by atoms with Crippen LogP contribution >= 0.6 is 0 Å². The van der Waals surface area contributed by atoms with Crippen LogP contribution in [0.1, 0.15) is 0 Å². The maximum Gasteiger partial charge on any atom is 0.513 e. The average Bonchev–Trinajstić information content (AvgIpc) is 2.04. The second-order valence-electron chi connectivity index (χ2n) is 1.79. The number of carbonyl (C=O) groups excluding carboxylic acids is 1. The van der Waals surface area contributed by atoms with Crippen molar-refractivity contribution in [3.05, 3.63) is 0 Å². The molecule has 0 aromatic heterocycles. The quantitative estimate of drug-likeness (QED) is 0.445. The molecule has 1 aliphatic heterocycles. The van der Waals surface area contributed by atoms with E-state index in [1.165, 1.54) is 0 Å². The van der Waals surface area contributed by atoms with Crippen molar-refractivity contribution in [2.24, 2.45) is 0 Å². The number of cyclic esters (lactones) is 2. The zero-order valence-corrected chi connectivity index (χ0v) is 4.89. The van der Waals surface area contributed by atoms with Gasteiger partial charge in [0.2, 0.25) is 0 Å². The molecule has 1 aliphatic rings. The number of halogens is 4. The smallest absolute Gasteiger partial charge is 0.414 e. The summed E-state index contributed by atoms with van der Waals surface area (Å²) < 4.78 is 53.9. The molecule has 1 atom stereocenters. The number of alkyl halides is 4. The Balaban J connectivity index is 2.74. The van der Waals surface area contributed by atoms with Crippen LogP contribution in [0.2, 0.25) is 0 Å². The predicted molar refractivity (Wildman–Crippen MR) is 22.3 cm³/mol. The van der Waals surface area contributed by atoms with E-state index in [0.717, 1.165) is 0 Å². The van der Waals surface area contributed by atoms with E-state index in [0.29, 0.717) is 0 Å². The summed E-state index contributed by atoms with van der Waals surface area (Å²) in [6, 6.07) is 0. The predicted octanol–water partition coefficient (Wildman–Crippen LogP) is 1.38. The normalized spacial score (nSPS) is 28.5. The van der Waals surface area contributed by atoms with Gasteiger partial charge in [0.05, 0.1) is 0 Å². The number of hydrogen-bond donors (Lipinski definition) is 0. The van der Waals surface area contributed by atoms with Crippen molar-refractivity contribution in [1.82, 2.24) is 0 Å². The number of carbonyl (C=O) groups is 1. The molecule has 0 saturated carbocycles. The lowest BCUT2D eigenvalue weighted by molar-refractivity contribution is -0.223. The van der Waals surface area contributed by atoms with E-state index in [9.17, 15) is 22.4 Å². The van der Waals surface area contributed by atoms with Crippen LogP contribution in [0, 0.1) is 0 Å². The maximum atomic E-state index is 12.1. The molecule has 1 saturated heterocycles. The highest BCUT2D eigenvalue weighted by atomic mass is 19.3. The first-order valence-electron chi connectivity index (χ1n) is 2.49. The van der Waals surface area contributed by atoms with Gasteiger partial charge in [0.25, 0.3) is 12.5 Å². The van der Waals surface area contributed by atoms with Crippen molar-refractivity contribution < 1.29 is 31.8 Å². The highest BCUT2D eigenvalue weighted by molar-refractivity contribution is 5.62. The third kappa shape index (κ3) is 1.36. The average molecular weight is 174 g/mol. The van der Waals surface area contributed by atoms with Crippen molar-refractivity contribution in [3.63, 3.8) is 0 Å². The fourth-order valence-electron chi connectivity index (χ4n) is 0.564. The molecule has 0 bridgehead atoms. The van der Waals surface area contributed by atoms with Gasteiger partial charge in [-0.1, -0.05) is 0 Å². The van der Waals surface area contributed by atoms with Gasteiger partial charge in [-0.3, -0.25) is 0 Å². The minimum Gasteiger partial charge on any atom is -0.414 e. The molecule has 0 aliphatic carbocycles. The minimum absolute atomic E-state index is 1.78. The molecule has 0 N–H and O–H groups in total. The lowest BCUT2D eigenvalue weighted by Gasteiger charge is -2.11. The van der Waals surface area contributed by atoms with Gasteiger partial charge in [-0.05, 0) is 0 Å². The van der Waals surface area contributed by atoms with Crippen LogP contribution in [0.4, 0.5) is 22.4 Å². The summed E-state index contributed by atoms with van der Waals surface area (Å²) >= 11 is 0. The van der Waals surface area contributed by atoms with Crippen LogP contribution < -0.4 is 0 Å². The minimum atomic E-state index is -4.22. The van der Waals surface area contributed by atoms with Crippen molar-refractivity contribution in [1.29, 1.82) is 0 Å².